The van der Waals surface area contributed by atoms with Crippen LogP contribution in [0.1, 0.15) is 76.3 Å². The third-order valence-electron chi connectivity index (χ3n) is 12.4. The first-order valence-corrected chi connectivity index (χ1v) is 18.5. The second-order valence-corrected chi connectivity index (χ2v) is 15.9. The molecule has 0 amide bonds. The Balaban J connectivity index is 1.59. The maximum atomic E-state index is 15.4. The molecule has 3 fully saturated rings. The number of aliphatic hydroxyl groups excluding tert-OH is 1. The van der Waals surface area contributed by atoms with Gasteiger partial charge in [0.1, 0.15) is 23.9 Å². The fourth-order valence-corrected chi connectivity index (χ4v) is 9.45. The first kappa shape index (κ1) is 41.5. The second-order valence-electron chi connectivity index (χ2n) is 15.9. The van der Waals surface area contributed by atoms with E-state index in [1.807, 2.05) is 0 Å². The lowest BCUT2D eigenvalue weighted by Crippen LogP contribution is -2.82. The highest BCUT2D eigenvalue weighted by Gasteiger charge is 2.78. The van der Waals surface area contributed by atoms with Crippen molar-refractivity contribution in [2.75, 3.05) is 6.61 Å². The van der Waals surface area contributed by atoms with Gasteiger partial charge >= 0.3 is 30.0 Å². The Morgan fingerprint density at radius 2 is 1.53 bits per heavy atom. The van der Waals surface area contributed by atoms with Crippen LogP contribution in [0, 0.1) is 16.7 Å². The third-order valence-corrected chi connectivity index (χ3v) is 12.4. The number of hydrogen-bond acceptors (Lipinski definition) is 15. The Bertz CT molecular complexity index is 1980. The summed E-state index contributed by atoms with van der Waals surface area (Å²) in [6.45, 7) is 7.83. The third kappa shape index (κ3) is 6.77. The normalized spacial score (nSPS) is 33.7. The van der Waals surface area contributed by atoms with Crippen molar-refractivity contribution in [2.45, 2.75) is 108 Å². The number of ether oxygens (including phenoxy) is 6. The van der Waals surface area contributed by atoms with E-state index in [1.54, 1.807) is 48.5 Å². The minimum absolute atomic E-state index is 0.0292. The molecule has 0 radical (unpaired) electrons. The minimum atomic E-state index is -2.41. The van der Waals surface area contributed by atoms with Gasteiger partial charge in [0.05, 0.1) is 35.6 Å². The van der Waals surface area contributed by atoms with Crippen molar-refractivity contribution in [1.82, 2.24) is 0 Å². The average Bonchev–Trinajstić information content (AvgIpc) is 3.15. The predicted molar refractivity (Wildman–Crippen MR) is 195 cm³/mol. The number of rotatable bonds is 9. The zero-order valence-corrected chi connectivity index (χ0v) is 32.3. The van der Waals surface area contributed by atoms with E-state index in [9.17, 15) is 39.3 Å². The van der Waals surface area contributed by atoms with Gasteiger partial charge in [0.15, 0.2) is 17.5 Å². The molecule has 0 unspecified atom stereocenters. The van der Waals surface area contributed by atoms with Crippen LogP contribution in [0.2, 0.25) is 0 Å². The first-order chi connectivity index (χ1) is 26.7. The molecule has 1 saturated heterocycles. The molecule has 2 aromatic carbocycles. The monoisotopic (exact) mass is 793 g/mol. The Morgan fingerprint density at radius 3 is 2.07 bits per heavy atom. The summed E-state index contributed by atoms with van der Waals surface area (Å²) in [5.41, 5.74) is -1.05. The minimum Gasteiger partial charge on any atom is -0.455 e. The van der Waals surface area contributed by atoms with Gasteiger partial charge in [0.25, 0.3) is 0 Å². The molecule has 16 nitrogen and oxygen atoms in total. The fourth-order valence-electron chi connectivity index (χ4n) is 9.45. The van der Waals surface area contributed by atoms with Crippen molar-refractivity contribution in [3.8, 4) is 0 Å². The van der Waals surface area contributed by atoms with Crippen LogP contribution in [-0.4, -0.2) is 106 Å². The number of carboxylic acid groups (broad SMARTS) is 1. The highest BCUT2D eigenvalue weighted by atomic mass is 16.7. The van der Waals surface area contributed by atoms with Crippen LogP contribution >= 0.6 is 0 Å². The summed E-state index contributed by atoms with van der Waals surface area (Å²) >= 11 is 0. The Morgan fingerprint density at radius 1 is 0.912 bits per heavy atom. The average molecular weight is 794 g/mol. The number of benzene rings is 2. The zero-order chi connectivity index (χ0) is 41.8. The standard InChI is InChI=1S/C41H47NO15/c1-20-25(54-36(48)31(55-37(49)50)29(42)23-13-9-7-10-14-23)18-41(51)34(56-35(47)24-15-11-8-12-16-24)32-39(6,26(45)17-27-40(32,19-52-27)57-22(3)44)33(46)30(53-21(2)43)28(20)38(41,4)5/h7-16,25-27,29-32,34,45,51H,17-19,42H2,1-6H3,(H,49,50)/t25-,26-,27+,29-,30+,31+,32-,34-,39+,40-,41+/m0/s1. The Kier molecular flexibility index (Phi) is 10.9. The molecule has 5 N–H and O–H groups in total. The molecule has 11 atom stereocenters. The summed E-state index contributed by atoms with van der Waals surface area (Å²) in [4.78, 5) is 81.2. The molecule has 1 aliphatic heterocycles. The molecular weight excluding hydrogens is 746 g/mol. The van der Waals surface area contributed by atoms with Gasteiger partial charge in [0.2, 0.25) is 6.10 Å². The number of ketones is 1. The van der Waals surface area contributed by atoms with E-state index in [-0.39, 0.29) is 29.7 Å². The van der Waals surface area contributed by atoms with Gasteiger partial charge in [0, 0.05) is 32.1 Å². The van der Waals surface area contributed by atoms with Crippen molar-refractivity contribution < 1.29 is 72.5 Å². The number of Topliss-reactive ketones (excluding diaryl/α,β-unsaturated/α-hetero) is 1. The molecule has 1 heterocycles. The summed E-state index contributed by atoms with van der Waals surface area (Å²) in [6.07, 6.45) is -12.3. The quantitative estimate of drug-likeness (QED) is 0.162. The molecule has 306 valence electrons. The molecule has 16 heteroatoms. The smallest absolute Gasteiger partial charge is 0.455 e. The molecule has 2 aromatic rings. The van der Waals surface area contributed by atoms with Crippen LogP contribution in [0.15, 0.2) is 71.8 Å². The van der Waals surface area contributed by atoms with E-state index in [0.717, 1.165) is 13.8 Å². The van der Waals surface area contributed by atoms with Crippen LogP contribution < -0.4 is 5.73 Å². The van der Waals surface area contributed by atoms with Gasteiger partial charge in [-0.05, 0) is 42.7 Å². The summed E-state index contributed by atoms with van der Waals surface area (Å²) in [7, 11) is 0. The molecule has 2 saturated carbocycles. The van der Waals surface area contributed by atoms with Gasteiger partial charge in [-0.2, -0.15) is 0 Å². The van der Waals surface area contributed by atoms with Crippen molar-refractivity contribution >= 4 is 35.8 Å². The van der Waals surface area contributed by atoms with Crippen LogP contribution in [-0.2, 0) is 47.6 Å². The summed E-state index contributed by atoms with van der Waals surface area (Å²) < 4.78 is 34.9. The second kappa shape index (κ2) is 15.0. The molecule has 57 heavy (non-hydrogen) atoms. The largest absolute Gasteiger partial charge is 0.506 e. The van der Waals surface area contributed by atoms with Crippen molar-refractivity contribution in [3.63, 3.8) is 0 Å². The van der Waals surface area contributed by atoms with Crippen LogP contribution in [0.5, 0.6) is 0 Å². The lowest BCUT2D eigenvalue weighted by atomic mass is 9.44. The molecule has 2 bridgehead atoms. The number of hydrogen-bond donors (Lipinski definition) is 4. The van der Waals surface area contributed by atoms with Crippen molar-refractivity contribution in [1.29, 1.82) is 0 Å². The first-order valence-electron chi connectivity index (χ1n) is 18.5. The van der Waals surface area contributed by atoms with Gasteiger partial charge in [-0.25, -0.2) is 14.4 Å². The number of nitrogens with two attached hydrogens (primary N) is 1. The summed E-state index contributed by atoms with van der Waals surface area (Å²) in [5.74, 6) is -6.34. The van der Waals surface area contributed by atoms with Gasteiger partial charge in [-0.1, -0.05) is 62.4 Å². The number of aliphatic hydroxyl groups is 2. The van der Waals surface area contributed by atoms with Gasteiger partial charge < -0.3 is 49.5 Å². The molecule has 6 rings (SSSR count). The lowest BCUT2D eigenvalue weighted by Gasteiger charge is -2.67. The fraction of sp³-hybridized carbons (Fsp3) is 0.512. The van der Waals surface area contributed by atoms with E-state index in [0.29, 0.717) is 5.56 Å². The van der Waals surface area contributed by atoms with Crippen LogP contribution in [0.25, 0.3) is 0 Å². The zero-order valence-electron chi connectivity index (χ0n) is 32.3. The van der Waals surface area contributed by atoms with Crippen molar-refractivity contribution in [2.24, 2.45) is 22.5 Å². The molecular formula is C41H47NO15. The van der Waals surface area contributed by atoms with E-state index in [4.69, 9.17) is 34.2 Å². The van der Waals surface area contributed by atoms with Crippen LogP contribution in [0.3, 0.4) is 0 Å². The van der Waals surface area contributed by atoms with Crippen molar-refractivity contribution in [3.05, 3.63) is 82.9 Å². The number of fused-ring (bicyclic) bond motifs is 5. The van der Waals surface area contributed by atoms with Gasteiger partial charge in [-0.3, -0.25) is 14.4 Å². The molecule has 0 aromatic heterocycles. The number of carbonyl (C=O) groups is 6. The van der Waals surface area contributed by atoms with Crippen LogP contribution in [0.4, 0.5) is 4.79 Å². The lowest BCUT2D eigenvalue weighted by molar-refractivity contribution is -0.346. The Hall–Kier alpha value is -5.16. The Labute approximate surface area is 328 Å². The molecule has 4 aliphatic rings. The highest BCUT2D eigenvalue weighted by molar-refractivity contribution is 5.95. The number of esters is 4. The maximum absolute atomic E-state index is 15.4. The predicted octanol–water partition coefficient (Wildman–Crippen LogP) is 2.97. The van der Waals surface area contributed by atoms with E-state index < -0.39 is 113 Å². The highest BCUT2D eigenvalue weighted by Crippen LogP contribution is 2.64. The summed E-state index contributed by atoms with van der Waals surface area (Å²) in [5, 5.41) is 35.1. The van der Waals surface area contributed by atoms with E-state index in [1.165, 1.54) is 39.8 Å². The molecule has 3 aliphatic carbocycles. The van der Waals surface area contributed by atoms with Gasteiger partial charge in [-0.15, -0.1) is 0 Å². The summed E-state index contributed by atoms with van der Waals surface area (Å²) in [6, 6.07) is 14.5. The SMILES string of the molecule is CC(=O)O[C@H]1C(=O)[C@@]2(C)[C@H]([C@H](OC(=O)c3ccccc3)[C@]3(O)C[C@H](OC(=O)[C@H](OC(=O)O)[C@@H](N)c4ccccc4)C(C)=C1C3(C)C)[C@]1(OC(C)=O)CO[C@@H]1C[C@@H]2O. The number of carbonyl (C=O) groups excluding carboxylic acids is 5. The maximum Gasteiger partial charge on any atom is 0.506 e. The topological polar surface area (TPSA) is 245 Å². The molecule has 0 spiro atoms. The van der Waals surface area contributed by atoms with E-state index in [2.05, 4.69) is 0 Å². The van der Waals surface area contributed by atoms with E-state index >= 15 is 4.79 Å².